The molecule has 1 unspecified atom stereocenters. The Morgan fingerprint density at radius 3 is 2.50 bits per heavy atom. The maximum absolute atomic E-state index is 12.9. The summed E-state index contributed by atoms with van der Waals surface area (Å²) < 4.78 is 5.01. The van der Waals surface area contributed by atoms with E-state index in [9.17, 15) is 14.4 Å². The summed E-state index contributed by atoms with van der Waals surface area (Å²) in [4.78, 5) is 36.8. The summed E-state index contributed by atoms with van der Waals surface area (Å²) >= 11 is 0. The number of carbonyl (C=O) groups is 3. The molecule has 24 heavy (non-hydrogen) atoms. The standard InChI is InChI=1S/C20H22O4/c1-3-24-19(23)14-7-9-15(10-8-14)20-12-11-17(21)13(2)16(20)5-4-6-18(20)22/h7-10H,3-6,11-12H2,1-2H3. The summed E-state index contributed by atoms with van der Waals surface area (Å²) in [5, 5.41) is 0. The number of allylic oxidation sites excluding steroid dienone is 2. The van der Waals surface area contributed by atoms with Crippen molar-refractivity contribution in [3.8, 4) is 0 Å². The second-order valence-electron chi connectivity index (χ2n) is 6.51. The molecule has 2 aliphatic carbocycles. The molecule has 0 aliphatic heterocycles. The number of Topliss-reactive ketones (excluding diaryl/α,β-unsaturated/α-hetero) is 2. The predicted molar refractivity (Wildman–Crippen MR) is 89.9 cm³/mol. The first-order chi connectivity index (χ1) is 11.5. The number of hydrogen-bond acceptors (Lipinski definition) is 4. The van der Waals surface area contributed by atoms with Gasteiger partial charge in [-0.25, -0.2) is 4.79 Å². The Labute approximate surface area is 141 Å². The number of esters is 1. The first-order valence-corrected chi connectivity index (χ1v) is 8.55. The molecule has 0 bridgehead atoms. The van der Waals surface area contributed by atoms with Gasteiger partial charge in [0.05, 0.1) is 17.6 Å². The monoisotopic (exact) mass is 326 g/mol. The molecule has 0 spiro atoms. The fraction of sp³-hybridized carbons (Fsp3) is 0.450. The molecular weight excluding hydrogens is 304 g/mol. The van der Waals surface area contributed by atoms with E-state index in [0.29, 0.717) is 31.4 Å². The van der Waals surface area contributed by atoms with E-state index >= 15 is 0 Å². The molecule has 0 radical (unpaired) electrons. The van der Waals surface area contributed by atoms with E-state index in [0.717, 1.165) is 29.6 Å². The van der Waals surface area contributed by atoms with E-state index in [-0.39, 0.29) is 17.5 Å². The van der Waals surface area contributed by atoms with Crippen LogP contribution >= 0.6 is 0 Å². The van der Waals surface area contributed by atoms with E-state index in [2.05, 4.69) is 0 Å². The van der Waals surface area contributed by atoms with Crippen molar-refractivity contribution < 1.29 is 19.1 Å². The number of ether oxygens (including phenoxy) is 1. The van der Waals surface area contributed by atoms with Crippen LogP contribution < -0.4 is 0 Å². The van der Waals surface area contributed by atoms with E-state index in [4.69, 9.17) is 4.74 Å². The lowest BCUT2D eigenvalue weighted by molar-refractivity contribution is -0.126. The van der Waals surface area contributed by atoms with Gasteiger partial charge < -0.3 is 4.74 Å². The summed E-state index contributed by atoms with van der Waals surface area (Å²) in [6, 6.07) is 7.12. The molecule has 2 aliphatic rings. The maximum Gasteiger partial charge on any atom is 0.338 e. The minimum Gasteiger partial charge on any atom is -0.462 e. The van der Waals surface area contributed by atoms with Gasteiger partial charge in [-0.15, -0.1) is 0 Å². The summed E-state index contributed by atoms with van der Waals surface area (Å²) in [7, 11) is 0. The lowest BCUT2D eigenvalue weighted by atomic mass is 9.59. The zero-order chi connectivity index (χ0) is 17.3. The molecule has 126 valence electrons. The summed E-state index contributed by atoms with van der Waals surface area (Å²) in [6.45, 7) is 3.94. The molecule has 1 aromatic carbocycles. The molecule has 0 saturated heterocycles. The van der Waals surface area contributed by atoms with Gasteiger partial charge in [-0.1, -0.05) is 12.1 Å². The molecule has 0 N–H and O–H groups in total. The second kappa shape index (κ2) is 6.34. The first kappa shape index (κ1) is 16.6. The Morgan fingerprint density at radius 1 is 1.12 bits per heavy atom. The van der Waals surface area contributed by atoms with Crippen LogP contribution in [0.15, 0.2) is 35.4 Å². The van der Waals surface area contributed by atoms with Crippen molar-refractivity contribution in [2.45, 2.75) is 51.4 Å². The molecule has 1 aromatic rings. The predicted octanol–water partition coefficient (Wildman–Crippen LogP) is 3.53. The van der Waals surface area contributed by atoms with Crippen LogP contribution in [0.5, 0.6) is 0 Å². The fourth-order valence-electron chi connectivity index (χ4n) is 4.06. The zero-order valence-corrected chi connectivity index (χ0v) is 14.2. The fourth-order valence-corrected chi connectivity index (χ4v) is 4.06. The molecule has 4 heteroatoms. The van der Waals surface area contributed by atoms with Crippen LogP contribution in [0.25, 0.3) is 0 Å². The van der Waals surface area contributed by atoms with Gasteiger partial charge in [0, 0.05) is 12.8 Å². The molecule has 0 heterocycles. The van der Waals surface area contributed by atoms with E-state index < -0.39 is 5.41 Å². The second-order valence-corrected chi connectivity index (χ2v) is 6.51. The Morgan fingerprint density at radius 2 is 1.83 bits per heavy atom. The lowest BCUT2D eigenvalue weighted by Crippen LogP contribution is -2.44. The highest BCUT2D eigenvalue weighted by Crippen LogP contribution is 2.48. The van der Waals surface area contributed by atoms with Crippen LogP contribution in [0, 0.1) is 0 Å². The Balaban J connectivity index is 2.06. The largest absolute Gasteiger partial charge is 0.462 e. The average molecular weight is 326 g/mol. The van der Waals surface area contributed by atoms with Crippen molar-refractivity contribution in [1.29, 1.82) is 0 Å². The summed E-state index contributed by atoms with van der Waals surface area (Å²) in [6.07, 6.45) is 3.09. The van der Waals surface area contributed by atoms with Crippen LogP contribution in [-0.4, -0.2) is 24.1 Å². The number of fused-ring (bicyclic) bond motifs is 1. The van der Waals surface area contributed by atoms with Crippen LogP contribution in [0.2, 0.25) is 0 Å². The highest BCUT2D eigenvalue weighted by Gasteiger charge is 2.48. The summed E-state index contributed by atoms with van der Waals surface area (Å²) in [5.74, 6) is -0.0137. The van der Waals surface area contributed by atoms with Gasteiger partial charge in [0.1, 0.15) is 5.78 Å². The van der Waals surface area contributed by atoms with Crippen LogP contribution in [0.1, 0.15) is 61.9 Å². The van der Waals surface area contributed by atoms with Crippen LogP contribution in [-0.2, 0) is 19.7 Å². The first-order valence-electron chi connectivity index (χ1n) is 8.55. The van der Waals surface area contributed by atoms with Gasteiger partial charge in [0.15, 0.2) is 5.78 Å². The van der Waals surface area contributed by atoms with Gasteiger partial charge in [0.2, 0.25) is 0 Å². The van der Waals surface area contributed by atoms with Crippen molar-refractivity contribution >= 4 is 17.5 Å². The molecular formula is C20H22O4. The lowest BCUT2D eigenvalue weighted by Gasteiger charge is -2.42. The molecule has 0 aromatic heterocycles. The number of hydrogen-bond donors (Lipinski definition) is 0. The summed E-state index contributed by atoms with van der Waals surface area (Å²) in [5.41, 5.74) is 2.43. The van der Waals surface area contributed by atoms with Gasteiger partial charge in [-0.3, -0.25) is 9.59 Å². The Kier molecular flexibility index (Phi) is 4.39. The van der Waals surface area contributed by atoms with Gasteiger partial charge in [-0.2, -0.15) is 0 Å². The quantitative estimate of drug-likeness (QED) is 0.797. The number of benzene rings is 1. The molecule has 1 fully saturated rings. The number of ketones is 2. The third-order valence-electron chi connectivity index (χ3n) is 5.31. The van der Waals surface area contributed by atoms with Crippen molar-refractivity contribution in [2.24, 2.45) is 0 Å². The third kappa shape index (κ3) is 2.50. The third-order valence-corrected chi connectivity index (χ3v) is 5.31. The molecule has 0 amide bonds. The SMILES string of the molecule is CCOC(=O)c1ccc(C23CCC(=O)C(C)=C2CCCC3=O)cc1. The number of carbonyl (C=O) groups excluding carboxylic acids is 3. The van der Waals surface area contributed by atoms with Crippen molar-refractivity contribution in [3.05, 3.63) is 46.5 Å². The Bertz CT molecular complexity index is 727. The van der Waals surface area contributed by atoms with Gasteiger partial charge >= 0.3 is 5.97 Å². The minimum absolute atomic E-state index is 0.151. The van der Waals surface area contributed by atoms with E-state index in [1.54, 1.807) is 19.1 Å². The van der Waals surface area contributed by atoms with Gasteiger partial charge in [-0.05, 0) is 62.0 Å². The highest BCUT2D eigenvalue weighted by molar-refractivity contribution is 6.04. The van der Waals surface area contributed by atoms with E-state index in [1.165, 1.54) is 0 Å². The maximum atomic E-state index is 12.9. The van der Waals surface area contributed by atoms with E-state index in [1.807, 2.05) is 19.1 Å². The molecule has 1 saturated carbocycles. The normalized spacial score (nSPS) is 23.9. The van der Waals surface area contributed by atoms with Gasteiger partial charge in [0.25, 0.3) is 0 Å². The molecule has 1 atom stereocenters. The molecule has 4 nitrogen and oxygen atoms in total. The van der Waals surface area contributed by atoms with Crippen LogP contribution in [0.4, 0.5) is 0 Å². The van der Waals surface area contributed by atoms with Crippen molar-refractivity contribution in [1.82, 2.24) is 0 Å². The van der Waals surface area contributed by atoms with Crippen LogP contribution in [0.3, 0.4) is 0 Å². The molecule has 3 rings (SSSR count). The topological polar surface area (TPSA) is 60.4 Å². The van der Waals surface area contributed by atoms with Crippen molar-refractivity contribution in [2.75, 3.05) is 6.61 Å². The minimum atomic E-state index is -0.677. The van der Waals surface area contributed by atoms with Crippen molar-refractivity contribution in [3.63, 3.8) is 0 Å². The number of rotatable bonds is 3. The smallest absolute Gasteiger partial charge is 0.338 e. The highest BCUT2D eigenvalue weighted by atomic mass is 16.5. The zero-order valence-electron chi connectivity index (χ0n) is 14.2. The Hall–Kier alpha value is -2.23. The average Bonchev–Trinajstić information content (AvgIpc) is 2.59.